The van der Waals surface area contributed by atoms with Gasteiger partial charge in [0.1, 0.15) is 12.4 Å². The van der Waals surface area contributed by atoms with Gasteiger partial charge >= 0.3 is 0 Å². The Morgan fingerprint density at radius 1 is 0.864 bits per heavy atom. The molecule has 2 heteroatoms. The minimum Gasteiger partial charge on any atom is -0.488 e. The Bertz CT molecular complexity index is 892. The number of rotatable bonds is 2. The van der Waals surface area contributed by atoms with Crippen molar-refractivity contribution in [3.05, 3.63) is 83.4 Å². The zero-order valence-electron chi connectivity index (χ0n) is 12.0. The third kappa shape index (κ3) is 2.09. The van der Waals surface area contributed by atoms with Crippen molar-refractivity contribution in [2.24, 2.45) is 0 Å². The normalized spacial score (nSPS) is 13.2. The molecule has 0 spiro atoms. The van der Waals surface area contributed by atoms with Crippen LogP contribution in [0.1, 0.15) is 15.9 Å². The van der Waals surface area contributed by atoms with E-state index in [0.717, 1.165) is 22.1 Å². The SMILES string of the molecule is O=C(C1=Cc2c(ccc3ccccc23)OC1)c1ccccc1. The first-order valence-corrected chi connectivity index (χ1v) is 7.28. The molecular weight excluding hydrogens is 272 g/mol. The number of ether oxygens (including phenoxy) is 1. The van der Waals surface area contributed by atoms with Gasteiger partial charge in [0, 0.05) is 16.7 Å². The number of hydrogen-bond donors (Lipinski definition) is 0. The van der Waals surface area contributed by atoms with Crippen molar-refractivity contribution in [3.8, 4) is 5.75 Å². The average molecular weight is 286 g/mol. The highest BCUT2D eigenvalue weighted by atomic mass is 16.5. The summed E-state index contributed by atoms with van der Waals surface area (Å²) in [7, 11) is 0. The van der Waals surface area contributed by atoms with E-state index in [-0.39, 0.29) is 5.78 Å². The number of benzene rings is 3. The largest absolute Gasteiger partial charge is 0.488 e. The maximum atomic E-state index is 12.6. The van der Waals surface area contributed by atoms with E-state index in [1.165, 1.54) is 0 Å². The number of carbonyl (C=O) groups excluding carboxylic acids is 1. The summed E-state index contributed by atoms with van der Waals surface area (Å²) in [5, 5.41) is 2.26. The van der Waals surface area contributed by atoms with Crippen LogP contribution in [0.3, 0.4) is 0 Å². The Kier molecular flexibility index (Phi) is 3.01. The monoisotopic (exact) mass is 286 g/mol. The summed E-state index contributed by atoms with van der Waals surface area (Å²) in [6.07, 6.45) is 1.97. The summed E-state index contributed by atoms with van der Waals surface area (Å²) in [6.45, 7) is 0.319. The van der Waals surface area contributed by atoms with Crippen molar-refractivity contribution in [1.29, 1.82) is 0 Å². The Balaban J connectivity index is 1.84. The fourth-order valence-corrected chi connectivity index (χ4v) is 2.83. The molecule has 3 aromatic carbocycles. The smallest absolute Gasteiger partial charge is 0.192 e. The van der Waals surface area contributed by atoms with Gasteiger partial charge in [0.2, 0.25) is 0 Å². The van der Waals surface area contributed by atoms with Gasteiger partial charge in [-0.2, -0.15) is 0 Å². The van der Waals surface area contributed by atoms with Gasteiger partial charge in [-0.15, -0.1) is 0 Å². The molecule has 3 aromatic rings. The number of carbonyl (C=O) groups is 1. The number of Topliss-reactive ketones (excluding diaryl/α,β-unsaturated/α-hetero) is 1. The molecule has 106 valence electrons. The van der Waals surface area contributed by atoms with E-state index < -0.39 is 0 Å². The molecular formula is C20H14O2. The molecule has 0 atom stereocenters. The average Bonchev–Trinajstić information content (AvgIpc) is 2.61. The summed E-state index contributed by atoms with van der Waals surface area (Å²) in [5.41, 5.74) is 2.37. The quantitative estimate of drug-likeness (QED) is 0.648. The summed E-state index contributed by atoms with van der Waals surface area (Å²) >= 11 is 0. The fraction of sp³-hybridized carbons (Fsp3) is 0.0500. The maximum Gasteiger partial charge on any atom is 0.192 e. The van der Waals surface area contributed by atoms with Gasteiger partial charge in [-0.05, 0) is 22.9 Å². The predicted molar refractivity (Wildman–Crippen MR) is 88.2 cm³/mol. The van der Waals surface area contributed by atoms with Crippen molar-refractivity contribution in [1.82, 2.24) is 0 Å². The van der Waals surface area contributed by atoms with Crippen LogP contribution < -0.4 is 4.74 Å². The minimum atomic E-state index is 0.0270. The van der Waals surface area contributed by atoms with Gasteiger partial charge in [0.25, 0.3) is 0 Å². The van der Waals surface area contributed by atoms with Gasteiger partial charge < -0.3 is 4.74 Å². The molecule has 1 aliphatic rings. The van der Waals surface area contributed by atoms with Gasteiger partial charge in [0.15, 0.2) is 5.78 Å². The Morgan fingerprint density at radius 2 is 1.64 bits per heavy atom. The van der Waals surface area contributed by atoms with Crippen LogP contribution in [0.25, 0.3) is 16.8 Å². The number of hydrogen-bond acceptors (Lipinski definition) is 2. The predicted octanol–water partition coefficient (Wildman–Crippen LogP) is 4.50. The zero-order valence-corrected chi connectivity index (χ0v) is 12.0. The molecule has 22 heavy (non-hydrogen) atoms. The fourth-order valence-electron chi connectivity index (χ4n) is 2.83. The van der Waals surface area contributed by atoms with Crippen LogP contribution in [0.15, 0.2) is 72.3 Å². The van der Waals surface area contributed by atoms with E-state index in [1.54, 1.807) is 0 Å². The van der Waals surface area contributed by atoms with Crippen LogP contribution in [-0.4, -0.2) is 12.4 Å². The Hall–Kier alpha value is -2.87. The van der Waals surface area contributed by atoms with Crippen LogP contribution in [0, 0.1) is 0 Å². The minimum absolute atomic E-state index is 0.0270. The molecule has 0 saturated carbocycles. The summed E-state index contributed by atoms with van der Waals surface area (Å²) in [6, 6.07) is 21.5. The van der Waals surface area contributed by atoms with Crippen molar-refractivity contribution in [2.75, 3.05) is 6.61 Å². The van der Waals surface area contributed by atoms with Gasteiger partial charge in [-0.25, -0.2) is 0 Å². The topological polar surface area (TPSA) is 26.3 Å². The van der Waals surface area contributed by atoms with Crippen LogP contribution >= 0.6 is 0 Å². The van der Waals surface area contributed by atoms with E-state index in [2.05, 4.69) is 12.1 Å². The van der Waals surface area contributed by atoms with E-state index in [4.69, 9.17) is 4.74 Å². The molecule has 2 nitrogen and oxygen atoms in total. The first kappa shape index (κ1) is 12.8. The molecule has 0 amide bonds. The third-order valence-electron chi connectivity index (χ3n) is 3.96. The molecule has 1 heterocycles. The highest BCUT2D eigenvalue weighted by Gasteiger charge is 2.19. The highest BCUT2D eigenvalue weighted by Crippen LogP contribution is 2.33. The molecule has 0 saturated heterocycles. The lowest BCUT2D eigenvalue weighted by molar-refractivity contribution is 0.102. The molecule has 0 fully saturated rings. The number of ketones is 1. The summed E-state index contributed by atoms with van der Waals surface area (Å²) in [5.74, 6) is 0.863. The van der Waals surface area contributed by atoms with Crippen LogP contribution in [0.5, 0.6) is 5.75 Å². The van der Waals surface area contributed by atoms with Gasteiger partial charge in [-0.1, -0.05) is 60.7 Å². The second-order valence-corrected chi connectivity index (χ2v) is 5.35. The molecule has 0 aromatic heterocycles. The number of fused-ring (bicyclic) bond motifs is 3. The molecule has 0 unspecified atom stereocenters. The van der Waals surface area contributed by atoms with Crippen molar-refractivity contribution in [2.45, 2.75) is 0 Å². The van der Waals surface area contributed by atoms with E-state index in [9.17, 15) is 4.79 Å². The van der Waals surface area contributed by atoms with Crippen LogP contribution in [0.4, 0.5) is 0 Å². The van der Waals surface area contributed by atoms with Gasteiger partial charge in [0.05, 0.1) is 0 Å². The standard InChI is InChI=1S/C20H14O2/c21-20(15-7-2-1-3-8-15)16-12-18-17-9-5-4-6-14(17)10-11-19(18)22-13-16/h1-12H,13H2. The second kappa shape index (κ2) is 5.15. The first-order valence-electron chi connectivity index (χ1n) is 7.28. The molecule has 1 aliphatic heterocycles. The summed E-state index contributed by atoms with van der Waals surface area (Å²) < 4.78 is 5.80. The second-order valence-electron chi connectivity index (χ2n) is 5.35. The third-order valence-corrected chi connectivity index (χ3v) is 3.96. The lowest BCUT2D eigenvalue weighted by Crippen LogP contribution is -2.15. The summed E-state index contributed by atoms with van der Waals surface area (Å²) in [4.78, 5) is 12.6. The Labute approximate surface area is 128 Å². The molecule has 4 rings (SSSR count). The molecule has 0 aliphatic carbocycles. The van der Waals surface area contributed by atoms with Gasteiger partial charge in [-0.3, -0.25) is 4.79 Å². The highest BCUT2D eigenvalue weighted by molar-refractivity contribution is 6.13. The van der Waals surface area contributed by atoms with Crippen LogP contribution in [0.2, 0.25) is 0 Å². The lowest BCUT2D eigenvalue weighted by atomic mass is 9.96. The molecule has 0 N–H and O–H groups in total. The first-order chi connectivity index (χ1) is 10.8. The van der Waals surface area contributed by atoms with Crippen LogP contribution in [-0.2, 0) is 0 Å². The van der Waals surface area contributed by atoms with E-state index in [1.807, 2.05) is 60.7 Å². The van der Waals surface area contributed by atoms with E-state index in [0.29, 0.717) is 17.7 Å². The van der Waals surface area contributed by atoms with E-state index >= 15 is 0 Å². The molecule has 0 radical (unpaired) electrons. The molecule has 0 bridgehead atoms. The van der Waals surface area contributed by atoms with Crippen molar-refractivity contribution < 1.29 is 9.53 Å². The van der Waals surface area contributed by atoms with Crippen molar-refractivity contribution >= 4 is 22.6 Å². The lowest BCUT2D eigenvalue weighted by Gasteiger charge is -2.19. The van der Waals surface area contributed by atoms with Crippen molar-refractivity contribution in [3.63, 3.8) is 0 Å². The zero-order chi connectivity index (χ0) is 14.9. The maximum absolute atomic E-state index is 12.6. The Morgan fingerprint density at radius 3 is 2.50 bits per heavy atom.